The van der Waals surface area contributed by atoms with E-state index < -0.39 is 0 Å². The van der Waals surface area contributed by atoms with E-state index in [0.717, 1.165) is 24.8 Å². The third-order valence-electron chi connectivity index (χ3n) is 3.68. The normalized spacial score (nSPS) is 11.0. The number of hydrogen-bond donors (Lipinski definition) is 0. The lowest BCUT2D eigenvalue weighted by Gasteiger charge is -2.11. The topological polar surface area (TPSA) is 44.8 Å². The molecule has 0 spiro atoms. The number of carbonyl (C=O) groups is 1. The van der Waals surface area contributed by atoms with Crippen LogP contribution in [0.5, 0.6) is 11.5 Å². The van der Waals surface area contributed by atoms with E-state index in [1.165, 1.54) is 6.08 Å². The largest absolute Gasteiger partial charge is 0.493 e. The van der Waals surface area contributed by atoms with Gasteiger partial charge in [0.25, 0.3) is 0 Å². The molecule has 0 amide bonds. The lowest BCUT2D eigenvalue weighted by Crippen LogP contribution is -2.11. The van der Waals surface area contributed by atoms with Crippen LogP contribution in [0, 0.1) is 5.92 Å². The van der Waals surface area contributed by atoms with Crippen molar-refractivity contribution in [2.24, 2.45) is 5.92 Å². The third-order valence-corrected chi connectivity index (χ3v) is 3.68. The predicted octanol–water partition coefficient (Wildman–Crippen LogP) is 4.48. The van der Waals surface area contributed by atoms with Gasteiger partial charge in [0.05, 0.1) is 20.3 Å². The molecule has 0 saturated carbocycles. The van der Waals surface area contributed by atoms with Crippen LogP contribution in [-0.2, 0) is 9.53 Å². The first-order valence-electron chi connectivity index (χ1n) is 8.30. The summed E-state index contributed by atoms with van der Waals surface area (Å²) in [4.78, 5) is 11.8. The molecular formula is C19H28O4. The van der Waals surface area contributed by atoms with Gasteiger partial charge in [0.15, 0.2) is 11.5 Å². The maximum absolute atomic E-state index is 11.8. The summed E-state index contributed by atoms with van der Waals surface area (Å²) in [6, 6.07) is 5.57. The Balaban J connectivity index is 2.66. The summed E-state index contributed by atoms with van der Waals surface area (Å²) in [5.74, 6) is 1.49. The fourth-order valence-electron chi connectivity index (χ4n) is 2.06. The van der Waals surface area contributed by atoms with E-state index in [-0.39, 0.29) is 5.97 Å². The molecule has 128 valence electrons. The molecule has 0 aromatic heterocycles. The monoisotopic (exact) mass is 320 g/mol. The summed E-state index contributed by atoms with van der Waals surface area (Å²) in [5.41, 5.74) is 0.872. The summed E-state index contributed by atoms with van der Waals surface area (Å²) in [7, 11) is 1.61. The SMILES string of the molecule is CCCOc1cc(C=CC(=O)OCC(CC)CC)ccc1OC. The van der Waals surface area contributed by atoms with Crippen LogP contribution < -0.4 is 9.47 Å². The first kappa shape index (κ1) is 19.1. The Morgan fingerprint density at radius 3 is 2.52 bits per heavy atom. The number of rotatable bonds is 10. The van der Waals surface area contributed by atoms with Crippen molar-refractivity contribution in [3.63, 3.8) is 0 Å². The second-order valence-electron chi connectivity index (χ2n) is 5.40. The van der Waals surface area contributed by atoms with E-state index in [1.807, 2.05) is 25.1 Å². The summed E-state index contributed by atoms with van der Waals surface area (Å²) in [5, 5.41) is 0. The van der Waals surface area contributed by atoms with E-state index in [4.69, 9.17) is 14.2 Å². The smallest absolute Gasteiger partial charge is 0.330 e. The fraction of sp³-hybridized carbons (Fsp3) is 0.526. The zero-order valence-electron chi connectivity index (χ0n) is 14.6. The van der Waals surface area contributed by atoms with Crippen molar-refractivity contribution in [3.05, 3.63) is 29.8 Å². The van der Waals surface area contributed by atoms with Crippen molar-refractivity contribution in [1.82, 2.24) is 0 Å². The highest BCUT2D eigenvalue weighted by Gasteiger charge is 2.07. The average Bonchev–Trinajstić information content (AvgIpc) is 2.59. The highest BCUT2D eigenvalue weighted by molar-refractivity contribution is 5.87. The van der Waals surface area contributed by atoms with Gasteiger partial charge in [0.2, 0.25) is 0 Å². The summed E-state index contributed by atoms with van der Waals surface area (Å²) < 4.78 is 16.2. The van der Waals surface area contributed by atoms with Crippen LogP contribution in [0.3, 0.4) is 0 Å². The summed E-state index contributed by atoms with van der Waals surface area (Å²) in [6.45, 7) is 7.36. The van der Waals surface area contributed by atoms with Crippen LogP contribution in [-0.4, -0.2) is 26.3 Å². The third kappa shape index (κ3) is 6.76. The lowest BCUT2D eigenvalue weighted by atomic mass is 10.1. The van der Waals surface area contributed by atoms with Crippen LogP contribution in [0.15, 0.2) is 24.3 Å². The van der Waals surface area contributed by atoms with Crippen molar-refractivity contribution >= 4 is 12.0 Å². The molecule has 0 unspecified atom stereocenters. The Labute approximate surface area is 139 Å². The van der Waals surface area contributed by atoms with E-state index in [1.54, 1.807) is 13.2 Å². The van der Waals surface area contributed by atoms with Crippen LogP contribution >= 0.6 is 0 Å². The van der Waals surface area contributed by atoms with Gasteiger partial charge in [-0.25, -0.2) is 4.79 Å². The van der Waals surface area contributed by atoms with Crippen LogP contribution in [0.25, 0.3) is 6.08 Å². The fourth-order valence-corrected chi connectivity index (χ4v) is 2.06. The van der Waals surface area contributed by atoms with Crippen molar-refractivity contribution < 1.29 is 19.0 Å². The van der Waals surface area contributed by atoms with Crippen molar-refractivity contribution in [1.29, 1.82) is 0 Å². The first-order chi connectivity index (χ1) is 11.1. The van der Waals surface area contributed by atoms with Gasteiger partial charge in [-0.2, -0.15) is 0 Å². The van der Waals surface area contributed by atoms with E-state index in [2.05, 4.69) is 13.8 Å². The maximum atomic E-state index is 11.8. The molecule has 0 aliphatic heterocycles. The highest BCUT2D eigenvalue weighted by Crippen LogP contribution is 2.28. The molecule has 0 aliphatic carbocycles. The van der Waals surface area contributed by atoms with Gasteiger partial charge in [-0.15, -0.1) is 0 Å². The van der Waals surface area contributed by atoms with Crippen LogP contribution in [0.1, 0.15) is 45.6 Å². The molecule has 0 saturated heterocycles. The van der Waals surface area contributed by atoms with Gasteiger partial charge in [0, 0.05) is 6.08 Å². The Morgan fingerprint density at radius 1 is 1.17 bits per heavy atom. The van der Waals surface area contributed by atoms with Gasteiger partial charge in [-0.1, -0.05) is 39.7 Å². The van der Waals surface area contributed by atoms with Crippen LogP contribution in [0.2, 0.25) is 0 Å². The number of carbonyl (C=O) groups excluding carboxylic acids is 1. The van der Waals surface area contributed by atoms with E-state index in [0.29, 0.717) is 30.6 Å². The van der Waals surface area contributed by atoms with Crippen molar-refractivity contribution in [2.45, 2.75) is 40.0 Å². The molecule has 0 heterocycles. The molecule has 1 aromatic carbocycles. The second kappa shape index (κ2) is 10.7. The van der Waals surface area contributed by atoms with Gasteiger partial charge in [0.1, 0.15) is 0 Å². The number of esters is 1. The quantitative estimate of drug-likeness (QED) is 0.471. The summed E-state index contributed by atoms with van der Waals surface area (Å²) in [6.07, 6.45) is 6.14. The highest BCUT2D eigenvalue weighted by atomic mass is 16.5. The molecule has 1 aromatic rings. The lowest BCUT2D eigenvalue weighted by molar-refractivity contribution is -0.139. The van der Waals surface area contributed by atoms with Crippen molar-refractivity contribution in [2.75, 3.05) is 20.3 Å². The van der Waals surface area contributed by atoms with Gasteiger partial charge in [-0.3, -0.25) is 0 Å². The molecule has 0 radical (unpaired) electrons. The minimum Gasteiger partial charge on any atom is -0.493 e. The maximum Gasteiger partial charge on any atom is 0.330 e. The van der Waals surface area contributed by atoms with Gasteiger partial charge in [-0.05, 0) is 36.1 Å². The molecular weight excluding hydrogens is 292 g/mol. The number of methoxy groups -OCH3 is 1. The zero-order valence-corrected chi connectivity index (χ0v) is 14.6. The van der Waals surface area contributed by atoms with E-state index in [9.17, 15) is 4.79 Å². The molecule has 23 heavy (non-hydrogen) atoms. The molecule has 0 aliphatic rings. The first-order valence-corrected chi connectivity index (χ1v) is 8.30. The number of hydrogen-bond acceptors (Lipinski definition) is 4. The minimum atomic E-state index is -0.316. The minimum absolute atomic E-state index is 0.316. The number of benzene rings is 1. The molecule has 0 N–H and O–H groups in total. The van der Waals surface area contributed by atoms with Gasteiger partial charge >= 0.3 is 5.97 Å². The predicted molar refractivity (Wildman–Crippen MR) is 92.8 cm³/mol. The Bertz CT molecular complexity index is 504. The van der Waals surface area contributed by atoms with E-state index >= 15 is 0 Å². The Hall–Kier alpha value is -1.97. The molecule has 4 nitrogen and oxygen atoms in total. The van der Waals surface area contributed by atoms with Gasteiger partial charge < -0.3 is 14.2 Å². The Morgan fingerprint density at radius 2 is 1.91 bits per heavy atom. The molecule has 0 fully saturated rings. The van der Waals surface area contributed by atoms with Crippen LogP contribution in [0.4, 0.5) is 0 Å². The number of ether oxygens (including phenoxy) is 3. The molecule has 4 heteroatoms. The standard InChI is InChI=1S/C19H28O4/c1-5-12-22-18-13-16(8-10-17(18)21-4)9-11-19(20)23-14-15(6-2)7-3/h8-11,13,15H,5-7,12,14H2,1-4H3. The average molecular weight is 320 g/mol. The second-order valence-corrected chi connectivity index (χ2v) is 5.40. The molecule has 0 bridgehead atoms. The Kier molecular flexibility index (Phi) is 8.88. The molecule has 0 atom stereocenters. The van der Waals surface area contributed by atoms with Crippen molar-refractivity contribution in [3.8, 4) is 11.5 Å². The molecule has 1 rings (SSSR count). The summed E-state index contributed by atoms with van der Waals surface area (Å²) >= 11 is 0. The zero-order chi connectivity index (χ0) is 17.1.